The van der Waals surface area contributed by atoms with E-state index in [4.69, 9.17) is 9.72 Å². The van der Waals surface area contributed by atoms with Crippen LogP contribution in [0, 0.1) is 12.7 Å². The number of esters is 1. The maximum Gasteiger partial charge on any atom is 0.340 e. The van der Waals surface area contributed by atoms with E-state index in [9.17, 15) is 9.18 Å². The molecule has 2 aromatic carbocycles. The number of fused-ring (bicyclic) bond motifs is 1. The number of carbonyl (C=O) groups is 1. The van der Waals surface area contributed by atoms with Gasteiger partial charge in [-0.1, -0.05) is 30.3 Å². The van der Waals surface area contributed by atoms with Gasteiger partial charge in [-0.3, -0.25) is 9.88 Å². The van der Waals surface area contributed by atoms with Gasteiger partial charge in [0, 0.05) is 18.5 Å². The summed E-state index contributed by atoms with van der Waals surface area (Å²) >= 11 is 0. The minimum atomic E-state index is -0.359. The first-order valence-electron chi connectivity index (χ1n) is 8.98. The van der Waals surface area contributed by atoms with Gasteiger partial charge in [-0.15, -0.1) is 0 Å². The molecule has 0 spiro atoms. The highest BCUT2D eigenvalue weighted by Crippen LogP contribution is 2.25. The van der Waals surface area contributed by atoms with Gasteiger partial charge in [0.1, 0.15) is 5.82 Å². The number of aryl methyl sites for hydroxylation is 1. The summed E-state index contributed by atoms with van der Waals surface area (Å²) in [5, 5.41) is 0.942. The van der Waals surface area contributed by atoms with Crippen LogP contribution in [0.4, 0.5) is 4.39 Å². The Balaban J connectivity index is 1.96. The van der Waals surface area contributed by atoms with Crippen molar-refractivity contribution in [2.45, 2.75) is 26.9 Å². The van der Waals surface area contributed by atoms with Crippen LogP contribution < -0.4 is 0 Å². The monoisotopic (exact) mass is 366 g/mol. The molecular formula is C22H23FN2O2. The van der Waals surface area contributed by atoms with Crippen LogP contribution in [0.15, 0.2) is 48.5 Å². The Hall–Kier alpha value is -2.79. The predicted molar refractivity (Wildman–Crippen MR) is 104 cm³/mol. The number of hydrogen-bond donors (Lipinski definition) is 0. The third-order valence-corrected chi connectivity index (χ3v) is 4.47. The first-order valence-corrected chi connectivity index (χ1v) is 8.98. The molecule has 27 heavy (non-hydrogen) atoms. The van der Waals surface area contributed by atoms with Gasteiger partial charge < -0.3 is 4.74 Å². The summed E-state index contributed by atoms with van der Waals surface area (Å²) in [6.45, 7) is 5.03. The van der Waals surface area contributed by atoms with Gasteiger partial charge in [-0.05, 0) is 50.2 Å². The Kier molecular flexibility index (Phi) is 5.81. The van der Waals surface area contributed by atoms with Crippen molar-refractivity contribution in [3.8, 4) is 0 Å². The molecule has 0 amide bonds. The van der Waals surface area contributed by atoms with Crippen molar-refractivity contribution in [3.05, 3.63) is 76.7 Å². The van der Waals surface area contributed by atoms with Crippen molar-refractivity contribution in [2.75, 3.05) is 13.7 Å². The van der Waals surface area contributed by atoms with Crippen molar-refractivity contribution in [1.29, 1.82) is 0 Å². The predicted octanol–water partition coefficient (Wildman–Crippen LogP) is 4.49. The molecular weight excluding hydrogens is 343 g/mol. The SMILES string of the molecule is CCOC(=O)c1c(CN(C)Cc2cccc(F)c2)nc2ccccc2c1C. The highest BCUT2D eigenvalue weighted by Gasteiger charge is 2.20. The molecule has 0 aliphatic rings. The fraction of sp³-hybridized carbons (Fsp3) is 0.273. The van der Waals surface area contributed by atoms with Gasteiger partial charge >= 0.3 is 5.97 Å². The number of nitrogens with zero attached hydrogens (tertiary/aromatic N) is 2. The number of ether oxygens (including phenoxy) is 1. The topological polar surface area (TPSA) is 42.4 Å². The maximum atomic E-state index is 13.4. The Morgan fingerprint density at radius 2 is 1.93 bits per heavy atom. The van der Waals surface area contributed by atoms with Crippen molar-refractivity contribution >= 4 is 16.9 Å². The van der Waals surface area contributed by atoms with Crippen LogP contribution in [-0.2, 0) is 17.8 Å². The van der Waals surface area contributed by atoms with E-state index in [1.54, 1.807) is 13.0 Å². The average Bonchev–Trinajstić information content (AvgIpc) is 2.62. The number of benzene rings is 2. The van der Waals surface area contributed by atoms with Gasteiger partial charge in [0.05, 0.1) is 23.4 Å². The molecule has 140 valence electrons. The first-order chi connectivity index (χ1) is 13.0. The van der Waals surface area contributed by atoms with Crippen LogP contribution in [0.1, 0.15) is 34.1 Å². The molecule has 0 N–H and O–H groups in total. The summed E-state index contributed by atoms with van der Waals surface area (Å²) in [7, 11) is 1.92. The Morgan fingerprint density at radius 1 is 1.15 bits per heavy atom. The van der Waals surface area contributed by atoms with Crippen LogP contribution in [-0.4, -0.2) is 29.5 Å². The summed E-state index contributed by atoms with van der Waals surface area (Å²) in [4.78, 5) is 19.3. The van der Waals surface area contributed by atoms with E-state index in [1.165, 1.54) is 12.1 Å². The van der Waals surface area contributed by atoms with Crippen LogP contribution in [0.25, 0.3) is 10.9 Å². The smallest absolute Gasteiger partial charge is 0.340 e. The first kappa shape index (κ1) is 19.0. The fourth-order valence-electron chi connectivity index (χ4n) is 3.29. The molecule has 0 saturated heterocycles. The van der Waals surface area contributed by atoms with Crippen molar-refractivity contribution in [2.24, 2.45) is 0 Å². The van der Waals surface area contributed by atoms with E-state index in [-0.39, 0.29) is 11.8 Å². The summed E-state index contributed by atoms with van der Waals surface area (Å²) in [6, 6.07) is 14.3. The zero-order chi connectivity index (χ0) is 19.4. The molecule has 4 nitrogen and oxygen atoms in total. The molecule has 1 heterocycles. The summed E-state index contributed by atoms with van der Waals surface area (Å²) in [6.07, 6.45) is 0. The van der Waals surface area contributed by atoms with Gasteiger partial charge in [0.15, 0.2) is 0 Å². The third kappa shape index (κ3) is 4.31. The number of rotatable bonds is 6. The van der Waals surface area contributed by atoms with E-state index in [2.05, 4.69) is 0 Å². The lowest BCUT2D eigenvalue weighted by atomic mass is 10.0. The highest BCUT2D eigenvalue weighted by atomic mass is 19.1. The second kappa shape index (κ2) is 8.27. The molecule has 0 saturated carbocycles. The second-order valence-corrected chi connectivity index (χ2v) is 6.60. The Bertz CT molecular complexity index is 972. The molecule has 3 rings (SSSR count). The van der Waals surface area contributed by atoms with E-state index in [1.807, 2.05) is 49.2 Å². The highest BCUT2D eigenvalue weighted by molar-refractivity contribution is 5.98. The number of aromatic nitrogens is 1. The Morgan fingerprint density at radius 3 is 2.67 bits per heavy atom. The summed E-state index contributed by atoms with van der Waals surface area (Å²) in [5.41, 5.74) is 3.77. The van der Waals surface area contributed by atoms with E-state index in [0.29, 0.717) is 31.0 Å². The number of pyridine rings is 1. The summed E-state index contributed by atoms with van der Waals surface area (Å²) < 4.78 is 18.7. The molecule has 5 heteroatoms. The minimum Gasteiger partial charge on any atom is -0.462 e. The fourth-order valence-corrected chi connectivity index (χ4v) is 3.29. The molecule has 0 unspecified atom stereocenters. The molecule has 0 aliphatic carbocycles. The molecule has 0 atom stereocenters. The van der Waals surface area contributed by atoms with Crippen molar-refractivity contribution in [1.82, 2.24) is 9.88 Å². The van der Waals surface area contributed by atoms with E-state index < -0.39 is 0 Å². The standard InChI is InChI=1S/C22H23FN2O2/c1-4-27-22(26)21-15(2)18-10-5-6-11-19(18)24-20(21)14-25(3)13-16-8-7-9-17(23)12-16/h5-12H,4,13-14H2,1-3H3. The third-order valence-electron chi connectivity index (χ3n) is 4.47. The zero-order valence-corrected chi connectivity index (χ0v) is 15.8. The van der Waals surface area contributed by atoms with Crippen LogP contribution in [0.2, 0.25) is 0 Å². The van der Waals surface area contributed by atoms with Gasteiger partial charge in [0.2, 0.25) is 0 Å². The molecule has 0 aliphatic heterocycles. The van der Waals surface area contributed by atoms with Gasteiger partial charge in [0.25, 0.3) is 0 Å². The lowest BCUT2D eigenvalue weighted by Gasteiger charge is -2.20. The van der Waals surface area contributed by atoms with Gasteiger partial charge in [-0.25, -0.2) is 9.18 Å². The van der Waals surface area contributed by atoms with Crippen molar-refractivity contribution in [3.63, 3.8) is 0 Å². The zero-order valence-electron chi connectivity index (χ0n) is 15.8. The van der Waals surface area contributed by atoms with Crippen LogP contribution in [0.5, 0.6) is 0 Å². The molecule has 0 radical (unpaired) electrons. The quantitative estimate of drug-likeness (QED) is 0.603. The number of carbonyl (C=O) groups excluding carboxylic acids is 1. The number of para-hydroxylation sites is 1. The number of halogens is 1. The van der Waals surface area contributed by atoms with Gasteiger partial charge in [-0.2, -0.15) is 0 Å². The van der Waals surface area contributed by atoms with Crippen molar-refractivity contribution < 1.29 is 13.9 Å². The minimum absolute atomic E-state index is 0.257. The summed E-state index contributed by atoms with van der Waals surface area (Å²) in [5.74, 6) is -0.616. The maximum absolute atomic E-state index is 13.4. The Labute approximate surface area is 158 Å². The van der Waals surface area contributed by atoms with E-state index in [0.717, 1.165) is 22.0 Å². The largest absolute Gasteiger partial charge is 0.462 e. The average molecular weight is 366 g/mol. The second-order valence-electron chi connectivity index (χ2n) is 6.60. The molecule has 0 fully saturated rings. The van der Waals surface area contributed by atoms with Crippen LogP contribution >= 0.6 is 0 Å². The lowest BCUT2D eigenvalue weighted by Crippen LogP contribution is -2.22. The molecule has 3 aromatic rings. The lowest BCUT2D eigenvalue weighted by molar-refractivity contribution is 0.0522. The van der Waals surface area contributed by atoms with Crippen LogP contribution in [0.3, 0.4) is 0 Å². The number of hydrogen-bond acceptors (Lipinski definition) is 4. The molecule has 0 bridgehead atoms. The van der Waals surface area contributed by atoms with E-state index >= 15 is 0 Å². The molecule has 1 aromatic heterocycles. The normalized spacial score (nSPS) is 11.1.